The van der Waals surface area contributed by atoms with Gasteiger partial charge >= 0.3 is 0 Å². The minimum absolute atomic E-state index is 0.0161. The van der Waals surface area contributed by atoms with Gasteiger partial charge in [0, 0.05) is 24.9 Å². The van der Waals surface area contributed by atoms with Gasteiger partial charge in [0.2, 0.25) is 0 Å². The molecule has 4 nitrogen and oxygen atoms in total. The molecule has 20 heavy (non-hydrogen) atoms. The maximum absolute atomic E-state index is 12.3. The van der Waals surface area contributed by atoms with Crippen molar-refractivity contribution in [3.8, 4) is 0 Å². The van der Waals surface area contributed by atoms with Crippen molar-refractivity contribution >= 4 is 15.7 Å². The minimum atomic E-state index is -3.03. The van der Waals surface area contributed by atoms with Gasteiger partial charge in [-0.3, -0.25) is 4.79 Å². The fourth-order valence-corrected chi connectivity index (χ4v) is 3.40. The predicted octanol–water partition coefficient (Wildman–Crippen LogP) is 2.10. The van der Waals surface area contributed by atoms with Crippen molar-refractivity contribution in [2.45, 2.75) is 25.5 Å². The summed E-state index contributed by atoms with van der Waals surface area (Å²) in [5.41, 5.74) is 1.35. The molecule has 0 spiro atoms. The third-order valence-corrected chi connectivity index (χ3v) is 4.43. The quantitative estimate of drug-likeness (QED) is 0.858. The van der Waals surface area contributed by atoms with Crippen LogP contribution in [0.2, 0.25) is 0 Å². The van der Waals surface area contributed by atoms with E-state index in [1.54, 1.807) is 24.3 Å². The lowest BCUT2D eigenvalue weighted by Crippen LogP contribution is -2.39. The van der Waals surface area contributed by atoms with E-state index in [0.29, 0.717) is 11.5 Å². The van der Waals surface area contributed by atoms with E-state index in [9.17, 15) is 13.2 Å². The van der Waals surface area contributed by atoms with Crippen molar-refractivity contribution in [3.05, 3.63) is 35.4 Å². The Morgan fingerprint density at radius 2 is 1.95 bits per heavy atom. The average Bonchev–Trinajstić information content (AvgIpc) is 2.37. The first-order valence-corrected chi connectivity index (χ1v) is 8.97. The van der Waals surface area contributed by atoms with Gasteiger partial charge in [-0.15, -0.1) is 0 Å². The zero-order valence-corrected chi connectivity index (χ0v) is 12.8. The maximum Gasteiger partial charge on any atom is 0.253 e. The van der Waals surface area contributed by atoms with Crippen LogP contribution in [-0.2, 0) is 15.6 Å². The van der Waals surface area contributed by atoms with Crippen LogP contribution in [0.5, 0.6) is 0 Å². The van der Waals surface area contributed by atoms with Crippen molar-refractivity contribution in [2.75, 3.05) is 19.3 Å². The number of carbonyl (C=O) groups is 1. The van der Waals surface area contributed by atoms with Crippen LogP contribution in [0, 0.1) is 5.92 Å². The number of likely N-dealkylation sites (tertiary alicyclic amines) is 1. The summed E-state index contributed by atoms with van der Waals surface area (Å²) in [6.07, 6.45) is 3.44. The number of hydrogen-bond acceptors (Lipinski definition) is 3. The summed E-state index contributed by atoms with van der Waals surface area (Å²) in [6, 6.07) is 6.90. The Morgan fingerprint density at radius 1 is 1.30 bits per heavy atom. The van der Waals surface area contributed by atoms with Crippen molar-refractivity contribution in [3.63, 3.8) is 0 Å². The van der Waals surface area contributed by atoms with Gasteiger partial charge in [-0.1, -0.05) is 19.1 Å². The van der Waals surface area contributed by atoms with Crippen LogP contribution in [0.15, 0.2) is 24.3 Å². The third kappa shape index (κ3) is 4.07. The van der Waals surface area contributed by atoms with E-state index in [1.165, 1.54) is 12.7 Å². The molecular formula is C15H21NO3S. The number of hydrogen-bond donors (Lipinski definition) is 0. The summed E-state index contributed by atoms with van der Waals surface area (Å²) < 4.78 is 22.5. The molecule has 0 aliphatic carbocycles. The molecule has 2 rings (SSSR count). The summed E-state index contributed by atoms with van der Waals surface area (Å²) in [4.78, 5) is 14.2. The summed E-state index contributed by atoms with van der Waals surface area (Å²) in [7, 11) is -3.03. The van der Waals surface area contributed by atoms with Crippen molar-refractivity contribution < 1.29 is 13.2 Å². The topological polar surface area (TPSA) is 54.5 Å². The number of amides is 1. The molecule has 0 saturated carbocycles. The first-order chi connectivity index (χ1) is 9.35. The SMILES string of the molecule is C[C@H]1CCCN(C(=O)c2ccc(CS(C)(=O)=O)cc2)C1. The van der Waals surface area contributed by atoms with Crippen molar-refractivity contribution in [2.24, 2.45) is 5.92 Å². The Kier molecular flexibility index (Phi) is 4.48. The van der Waals surface area contributed by atoms with Gasteiger partial charge in [-0.05, 0) is 36.5 Å². The number of piperidine rings is 1. The molecule has 0 aromatic heterocycles. The van der Waals surface area contributed by atoms with E-state index in [0.717, 1.165) is 25.1 Å². The largest absolute Gasteiger partial charge is 0.338 e. The van der Waals surface area contributed by atoms with Crippen LogP contribution in [-0.4, -0.2) is 38.6 Å². The molecule has 0 unspecified atom stereocenters. The van der Waals surface area contributed by atoms with Gasteiger partial charge < -0.3 is 4.90 Å². The van der Waals surface area contributed by atoms with Gasteiger partial charge in [0.25, 0.3) is 5.91 Å². The lowest BCUT2D eigenvalue weighted by Gasteiger charge is -2.31. The fraction of sp³-hybridized carbons (Fsp3) is 0.533. The van der Waals surface area contributed by atoms with E-state index in [-0.39, 0.29) is 11.7 Å². The number of nitrogens with zero attached hydrogens (tertiary/aromatic N) is 1. The number of benzene rings is 1. The van der Waals surface area contributed by atoms with Crippen LogP contribution < -0.4 is 0 Å². The van der Waals surface area contributed by atoms with Crippen molar-refractivity contribution in [1.29, 1.82) is 0 Å². The Labute approximate surface area is 120 Å². The third-order valence-electron chi connectivity index (χ3n) is 3.57. The first-order valence-electron chi connectivity index (χ1n) is 6.91. The number of carbonyl (C=O) groups excluding carboxylic acids is 1. The minimum Gasteiger partial charge on any atom is -0.338 e. The lowest BCUT2D eigenvalue weighted by molar-refractivity contribution is 0.0683. The molecule has 1 heterocycles. The molecule has 1 aromatic rings. The second-order valence-corrected chi connectivity index (χ2v) is 7.91. The highest BCUT2D eigenvalue weighted by Gasteiger charge is 2.21. The van der Waals surface area contributed by atoms with E-state index < -0.39 is 9.84 Å². The molecule has 0 N–H and O–H groups in total. The summed E-state index contributed by atoms with van der Waals surface area (Å²) in [5.74, 6) is 0.613. The first kappa shape index (κ1) is 15.0. The second kappa shape index (κ2) is 5.95. The van der Waals surface area contributed by atoms with E-state index >= 15 is 0 Å². The highest BCUT2D eigenvalue weighted by molar-refractivity contribution is 7.89. The van der Waals surface area contributed by atoms with Gasteiger partial charge in [-0.25, -0.2) is 8.42 Å². The fourth-order valence-electron chi connectivity index (χ4n) is 2.60. The Morgan fingerprint density at radius 3 is 2.50 bits per heavy atom. The molecule has 1 amide bonds. The van der Waals surface area contributed by atoms with Gasteiger partial charge in [0.1, 0.15) is 0 Å². The molecule has 1 aliphatic heterocycles. The van der Waals surface area contributed by atoms with Gasteiger partial charge in [0.05, 0.1) is 5.75 Å². The zero-order valence-electron chi connectivity index (χ0n) is 12.0. The van der Waals surface area contributed by atoms with Crippen LogP contribution in [0.1, 0.15) is 35.7 Å². The lowest BCUT2D eigenvalue weighted by atomic mass is 9.99. The van der Waals surface area contributed by atoms with E-state index in [1.807, 2.05) is 4.90 Å². The van der Waals surface area contributed by atoms with Crippen molar-refractivity contribution in [1.82, 2.24) is 4.90 Å². The molecule has 1 aliphatic rings. The molecule has 1 saturated heterocycles. The van der Waals surface area contributed by atoms with Crippen LogP contribution in [0.25, 0.3) is 0 Å². The Hall–Kier alpha value is -1.36. The molecule has 1 aromatic carbocycles. The Bertz CT molecular complexity index is 578. The summed E-state index contributed by atoms with van der Waals surface area (Å²) >= 11 is 0. The van der Waals surface area contributed by atoms with Crippen LogP contribution >= 0.6 is 0 Å². The highest BCUT2D eigenvalue weighted by Crippen LogP contribution is 2.18. The second-order valence-electron chi connectivity index (χ2n) is 5.77. The van der Waals surface area contributed by atoms with Crippen LogP contribution in [0.3, 0.4) is 0 Å². The van der Waals surface area contributed by atoms with Crippen LogP contribution in [0.4, 0.5) is 0 Å². The molecule has 110 valence electrons. The normalized spacial score (nSPS) is 19.9. The zero-order chi connectivity index (χ0) is 14.8. The van der Waals surface area contributed by atoms with E-state index in [2.05, 4.69) is 6.92 Å². The molecule has 1 fully saturated rings. The molecule has 0 bridgehead atoms. The smallest absolute Gasteiger partial charge is 0.253 e. The molecule has 5 heteroatoms. The highest BCUT2D eigenvalue weighted by atomic mass is 32.2. The summed E-state index contributed by atoms with van der Waals surface area (Å²) in [5, 5.41) is 0. The maximum atomic E-state index is 12.3. The Balaban J connectivity index is 2.07. The molecule has 1 atom stereocenters. The molecule has 0 radical (unpaired) electrons. The van der Waals surface area contributed by atoms with Gasteiger partial charge in [0.15, 0.2) is 9.84 Å². The average molecular weight is 295 g/mol. The number of rotatable bonds is 3. The molecular weight excluding hydrogens is 274 g/mol. The number of sulfone groups is 1. The predicted molar refractivity (Wildman–Crippen MR) is 79.3 cm³/mol. The monoisotopic (exact) mass is 295 g/mol. The summed E-state index contributed by atoms with van der Waals surface area (Å²) in [6.45, 7) is 3.78. The van der Waals surface area contributed by atoms with E-state index in [4.69, 9.17) is 0 Å². The van der Waals surface area contributed by atoms with Gasteiger partial charge in [-0.2, -0.15) is 0 Å². The standard InChI is InChI=1S/C15H21NO3S/c1-12-4-3-9-16(10-12)15(17)14-7-5-13(6-8-14)11-20(2,18)19/h5-8,12H,3-4,9-11H2,1-2H3/t12-/m0/s1.